The van der Waals surface area contributed by atoms with Gasteiger partial charge in [0.05, 0.1) is 12.3 Å². The Morgan fingerprint density at radius 1 is 1.37 bits per heavy atom. The lowest BCUT2D eigenvalue weighted by Gasteiger charge is -2.04. The number of amides is 1. The van der Waals surface area contributed by atoms with Crippen molar-refractivity contribution in [2.24, 2.45) is 5.92 Å². The van der Waals surface area contributed by atoms with Crippen molar-refractivity contribution in [3.63, 3.8) is 0 Å². The van der Waals surface area contributed by atoms with Gasteiger partial charge in [0.25, 0.3) is 0 Å². The molecule has 0 heterocycles. The molecule has 0 radical (unpaired) electrons. The van der Waals surface area contributed by atoms with Gasteiger partial charge in [-0.15, -0.1) is 0 Å². The van der Waals surface area contributed by atoms with Gasteiger partial charge in [-0.3, -0.25) is 9.59 Å². The quantitative estimate of drug-likeness (QED) is 0.823. The van der Waals surface area contributed by atoms with E-state index in [-0.39, 0.29) is 42.6 Å². The summed E-state index contributed by atoms with van der Waals surface area (Å²) < 4.78 is 17.8. The van der Waals surface area contributed by atoms with E-state index in [0.717, 1.165) is 12.0 Å². The molecule has 0 unspecified atom stereocenters. The van der Waals surface area contributed by atoms with Gasteiger partial charge in [-0.2, -0.15) is 0 Å². The maximum atomic E-state index is 12.8. The summed E-state index contributed by atoms with van der Waals surface area (Å²) in [7, 11) is 1.54. The van der Waals surface area contributed by atoms with E-state index in [4.69, 9.17) is 4.74 Å². The standard InChI is InChI=1S/C14H16FNO3/c1-16-13(17)6-7-19-14(18)12-8-11(12)9-2-4-10(15)5-3-9/h2-5,11-12H,6-8H2,1H3,(H,16,17)/t11-,12-/m0/s1. The van der Waals surface area contributed by atoms with E-state index in [0.29, 0.717) is 0 Å². The molecule has 1 fully saturated rings. The SMILES string of the molecule is CNC(=O)CCOC(=O)[C@H]1C[C@H]1c1ccc(F)cc1. The van der Waals surface area contributed by atoms with Crippen molar-refractivity contribution in [1.82, 2.24) is 5.32 Å². The highest BCUT2D eigenvalue weighted by atomic mass is 19.1. The monoisotopic (exact) mass is 265 g/mol. The molecule has 1 saturated carbocycles. The van der Waals surface area contributed by atoms with Gasteiger partial charge in [-0.1, -0.05) is 12.1 Å². The van der Waals surface area contributed by atoms with Crippen molar-refractivity contribution in [1.29, 1.82) is 0 Å². The van der Waals surface area contributed by atoms with Gasteiger partial charge in [-0.05, 0) is 30.0 Å². The van der Waals surface area contributed by atoms with Crippen molar-refractivity contribution in [2.45, 2.75) is 18.8 Å². The molecule has 1 N–H and O–H groups in total. The molecular weight excluding hydrogens is 249 g/mol. The van der Waals surface area contributed by atoms with Crippen LogP contribution in [0.2, 0.25) is 0 Å². The number of nitrogens with one attached hydrogen (secondary N) is 1. The molecule has 0 saturated heterocycles. The summed E-state index contributed by atoms with van der Waals surface area (Å²) in [5.41, 5.74) is 0.953. The first-order valence-electron chi connectivity index (χ1n) is 6.24. The average molecular weight is 265 g/mol. The molecule has 2 rings (SSSR count). The van der Waals surface area contributed by atoms with Crippen molar-refractivity contribution in [3.05, 3.63) is 35.6 Å². The first-order valence-corrected chi connectivity index (χ1v) is 6.24. The average Bonchev–Trinajstić information content (AvgIpc) is 3.19. The Morgan fingerprint density at radius 2 is 2.05 bits per heavy atom. The summed E-state index contributed by atoms with van der Waals surface area (Å²) >= 11 is 0. The van der Waals surface area contributed by atoms with Gasteiger partial charge in [0.15, 0.2) is 0 Å². The van der Waals surface area contributed by atoms with Crippen LogP contribution in [0, 0.1) is 11.7 Å². The number of carbonyl (C=O) groups excluding carboxylic acids is 2. The number of esters is 1. The van der Waals surface area contributed by atoms with Crippen LogP contribution in [0.3, 0.4) is 0 Å². The van der Waals surface area contributed by atoms with Crippen LogP contribution in [0.1, 0.15) is 24.3 Å². The maximum absolute atomic E-state index is 12.8. The molecule has 1 aromatic carbocycles. The Morgan fingerprint density at radius 3 is 2.68 bits per heavy atom. The molecule has 1 amide bonds. The Bertz CT molecular complexity index is 472. The minimum Gasteiger partial charge on any atom is -0.465 e. The molecular formula is C14H16FNO3. The third-order valence-electron chi connectivity index (χ3n) is 3.24. The van der Waals surface area contributed by atoms with Crippen LogP contribution in [0.15, 0.2) is 24.3 Å². The summed E-state index contributed by atoms with van der Waals surface area (Å²) in [5, 5.41) is 2.46. The summed E-state index contributed by atoms with van der Waals surface area (Å²) in [6.07, 6.45) is 0.903. The Balaban J connectivity index is 1.77. The van der Waals surface area contributed by atoms with Gasteiger partial charge in [0.1, 0.15) is 12.4 Å². The van der Waals surface area contributed by atoms with Crippen molar-refractivity contribution in [2.75, 3.05) is 13.7 Å². The molecule has 19 heavy (non-hydrogen) atoms. The second-order valence-corrected chi connectivity index (χ2v) is 4.59. The van der Waals surface area contributed by atoms with E-state index < -0.39 is 0 Å². The zero-order valence-corrected chi connectivity index (χ0v) is 10.7. The third kappa shape index (κ3) is 3.53. The minimum absolute atomic E-state index is 0.102. The molecule has 0 bridgehead atoms. The fourth-order valence-electron chi connectivity index (χ4n) is 2.01. The van der Waals surface area contributed by atoms with Crippen LogP contribution in [-0.2, 0) is 14.3 Å². The second kappa shape index (κ2) is 5.82. The Labute approximate surface area is 110 Å². The number of hydrogen-bond acceptors (Lipinski definition) is 3. The summed E-state index contributed by atoms with van der Waals surface area (Å²) in [5.74, 6) is -0.755. The van der Waals surface area contributed by atoms with Crippen LogP contribution in [-0.4, -0.2) is 25.5 Å². The zero-order chi connectivity index (χ0) is 13.8. The van der Waals surface area contributed by atoms with Crippen LogP contribution >= 0.6 is 0 Å². The van der Waals surface area contributed by atoms with Crippen molar-refractivity contribution >= 4 is 11.9 Å². The highest BCUT2D eigenvalue weighted by Crippen LogP contribution is 2.48. The number of ether oxygens (including phenoxy) is 1. The molecule has 0 aliphatic heterocycles. The first kappa shape index (κ1) is 13.5. The highest BCUT2D eigenvalue weighted by Gasteiger charge is 2.45. The predicted octanol–water partition coefficient (Wildman–Crippen LogP) is 1.61. The molecule has 0 aromatic heterocycles. The van der Waals surface area contributed by atoms with Crippen LogP contribution in [0.5, 0.6) is 0 Å². The Hall–Kier alpha value is -1.91. The number of hydrogen-bond donors (Lipinski definition) is 1. The molecule has 1 aliphatic carbocycles. The maximum Gasteiger partial charge on any atom is 0.309 e. The van der Waals surface area contributed by atoms with E-state index in [1.165, 1.54) is 19.2 Å². The summed E-state index contributed by atoms with van der Waals surface area (Å²) in [4.78, 5) is 22.7. The predicted molar refractivity (Wildman–Crippen MR) is 66.9 cm³/mol. The number of rotatable bonds is 5. The summed E-state index contributed by atoms with van der Waals surface area (Å²) in [6.45, 7) is 0.102. The van der Waals surface area contributed by atoms with Crippen LogP contribution in [0.25, 0.3) is 0 Å². The van der Waals surface area contributed by atoms with E-state index >= 15 is 0 Å². The normalized spacial score (nSPS) is 20.7. The van der Waals surface area contributed by atoms with Crippen molar-refractivity contribution < 1.29 is 18.7 Å². The van der Waals surface area contributed by atoms with Gasteiger partial charge in [0.2, 0.25) is 5.91 Å². The molecule has 2 atom stereocenters. The lowest BCUT2D eigenvalue weighted by Crippen LogP contribution is -2.20. The lowest BCUT2D eigenvalue weighted by atomic mass is 10.1. The van der Waals surface area contributed by atoms with Crippen molar-refractivity contribution in [3.8, 4) is 0 Å². The summed E-state index contributed by atoms with van der Waals surface area (Å²) in [6, 6.07) is 6.17. The van der Waals surface area contributed by atoms with E-state index in [2.05, 4.69) is 5.32 Å². The molecule has 102 valence electrons. The third-order valence-corrected chi connectivity index (χ3v) is 3.24. The first-order chi connectivity index (χ1) is 9.11. The van der Waals surface area contributed by atoms with Crippen LogP contribution in [0.4, 0.5) is 4.39 Å². The largest absolute Gasteiger partial charge is 0.465 e. The highest BCUT2D eigenvalue weighted by molar-refractivity contribution is 5.78. The molecule has 1 aliphatic rings. The van der Waals surface area contributed by atoms with E-state index in [9.17, 15) is 14.0 Å². The molecule has 0 spiro atoms. The van der Waals surface area contributed by atoms with E-state index in [1.807, 2.05) is 0 Å². The van der Waals surface area contributed by atoms with Crippen LogP contribution < -0.4 is 5.32 Å². The second-order valence-electron chi connectivity index (χ2n) is 4.59. The van der Waals surface area contributed by atoms with Gasteiger partial charge >= 0.3 is 5.97 Å². The topological polar surface area (TPSA) is 55.4 Å². The minimum atomic E-state index is -0.283. The fraction of sp³-hybridized carbons (Fsp3) is 0.429. The fourth-order valence-corrected chi connectivity index (χ4v) is 2.01. The van der Waals surface area contributed by atoms with E-state index in [1.54, 1.807) is 12.1 Å². The van der Waals surface area contributed by atoms with Gasteiger partial charge in [0, 0.05) is 7.05 Å². The number of benzene rings is 1. The Kier molecular flexibility index (Phi) is 4.14. The number of carbonyl (C=O) groups is 2. The number of halogens is 1. The molecule has 5 heteroatoms. The molecule has 4 nitrogen and oxygen atoms in total. The van der Waals surface area contributed by atoms with Gasteiger partial charge in [-0.25, -0.2) is 4.39 Å². The smallest absolute Gasteiger partial charge is 0.309 e. The van der Waals surface area contributed by atoms with Gasteiger partial charge < -0.3 is 10.1 Å². The molecule has 1 aromatic rings. The zero-order valence-electron chi connectivity index (χ0n) is 10.7. The lowest BCUT2D eigenvalue weighted by molar-refractivity contribution is -0.145.